The Balaban J connectivity index is 2.29. The highest BCUT2D eigenvalue weighted by molar-refractivity contribution is 6.06. The van der Waals surface area contributed by atoms with Crippen LogP contribution in [0.3, 0.4) is 0 Å². The number of hydrogen-bond acceptors (Lipinski definition) is 3. The van der Waals surface area contributed by atoms with Gasteiger partial charge in [0.2, 0.25) is 0 Å². The molecule has 0 radical (unpaired) electrons. The fourth-order valence-electron chi connectivity index (χ4n) is 2.07. The Labute approximate surface area is 116 Å². The maximum Gasteiger partial charge on any atom is 0.326 e. The van der Waals surface area contributed by atoms with Crippen molar-refractivity contribution >= 4 is 22.6 Å². The number of rotatable bonds is 5. The fourth-order valence-corrected chi connectivity index (χ4v) is 2.07. The molecule has 2 N–H and O–H groups in total. The molecule has 5 nitrogen and oxygen atoms in total. The monoisotopic (exact) mass is 272 g/mol. The lowest BCUT2D eigenvalue weighted by atomic mass is 10.1. The van der Waals surface area contributed by atoms with Gasteiger partial charge in [0.1, 0.15) is 11.7 Å². The third kappa shape index (κ3) is 2.93. The third-order valence-electron chi connectivity index (χ3n) is 3.07. The van der Waals surface area contributed by atoms with E-state index in [9.17, 15) is 9.59 Å². The van der Waals surface area contributed by atoms with Gasteiger partial charge in [-0.3, -0.25) is 9.78 Å². The summed E-state index contributed by atoms with van der Waals surface area (Å²) >= 11 is 0. The summed E-state index contributed by atoms with van der Waals surface area (Å²) in [6, 6.07) is 8.31. The van der Waals surface area contributed by atoms with Crippen molar-refractivity contribution in [2.75, 3.05) is 0 Å². The number of aliphatic carboxylic acids is 1. The van der Waals surface area contributed by atoms with Crippen molar-refractivity contribution in [3.05, 3.63) is 42.2 Å². The Morgan fingerprint density at radius 1 is 1.30 bits per heavy atom. The largest absolute Gasteiger partial charge is 0.480 e. The number of carbonyl (C=O) groups is 2. The Bertz CT molecular complexity index is 635. The fraction of sp³-hybridized carbons (Fsp3) is 0.267. The van der Waals surface area contributed by atoms with Crippen molar-refractivity contribution in [3.8, 4) is 0 Å². The molecule has 2 rings (SSSR count). The molecule has 1 aromatic carbocycles. The summed E-state index contributed by atoms with van der Waals surface area (Å²) in [5, 5.41) is 13.2. The molecule has 0 saturated carbocycles. The van der Waals surface area contributed by atoms with E-state index >= 15 is 0 Å². The molecule has 0 aliphatic carbocycles. The van der Waals surface area contributed by atoms with Crippen LogP contribution in [0.4, 0.5) is 0 Å². The van der Waals surface area contributed by atoms with Crippen LogP contribution in [0.15, 0.2) is 36.5 Å². The lowest BCUT2D eigenvalue weighted by Gasteiger charge is -2.13. The van der Waals surface area contributed by atoms with Crippen LogP contribution in [0.2, 0.25) is 0 Å². The predicted molar refractivity (Wildman–Crippen MR) is 75.5 cm³/mol. The van der Waals surface area contributed by atoms with Crippen molar-refractivity contribution in [3.63, 3.8) is 0 Å². The number of amides is 1. The number of aromatic nitrogens is 1. The van der Waals surface area contributed by atoms with Gasteiger partial charge in [-0.25, -0.2) is 4.79 Å². The number of pyridine rings is 1. The van der Waals surface area contributed by atoms with E-state index in [-0.39, 0.29) is 5.69 Å². The molecule has 0 aliphatic heterocycles. The first-order valence-corrected chi connectivity index (χ1v) is 6.51. The number of nitrogens with one attached hydrogen (secondary N) is 1. The molecule has 2 aromatic rings. The molecule has 5 heteroatoms. The van der Waals surface area contributed by atoms with E-state index < -0.39 is 17.9 Å². The summed E-state index contributed by atoms with van der Waals surface area (Å²) in [5.74, 6) is -1.48. The van der Waals surface area contributed by atoms with E-state index in [4.69, 9.17) is 5.11 Å². The first-order chi connectivity index (χ1) is 9.63. The number of benzene rings is 1. The van der Waals surface area contributed by atoms with Crippen LogP contribution in [-0.2, 0) is 4.79 Å². The van der Waals surface area contributed by atoms with Gasteiger partial charge in [0.15, 0.2) is 0 Å². The summed E-state index contributed by atoms with van der Waals surface area (Å²) in [4.78, 5) is 27.4. The van der Waals surface area contributed by atoms with Crippen LogP contribution in [-0.4, -0.2) is 28.0 Å². The smallest absolute Gasteiger partial charge is 0.326 e. The maximum atomic E-state index is 12.2. The number of nitrogens with zero attached hydrogens (tertiary/aromatic N) is 1. The van der Waals surface area contributed by atoms with E-state index in [2.05, 4.69) is 10.3 Å². The summed E-state index contributed by atoms with van der Waals surface area (Å²) in [6.07, 6.45) is 2.62. The van der Waals surface area contributed by atoms with Gasteiger partial charge in [0.05, 0.1) is 0 Å². The van der Waals surface area contributed by atoms with Crippen molar-refractivity contribution < 1.29 is 14.7 Å². The number of fused-ring (bicyclic) bond motifs is 1. The Morgan fingerprint density at radius 3 is 2.75 bits per heavy atom. The molecule has 0 saturated heterocycles. The van der Waals surface area contributed by atoms with Crippen LogP contribution < -0.4 is 5.32 Å². The number of carbonyl (C=O) groups excluding carboxylic acids is 1. The second-order valence-corrected chi connectivity index (χ2v) is 4.53. The first-order valence-electron chi connectivity index (χ1n) is 6.51. The average Bonchev–Trinajstić information content (AvgIpc) is 2.46. The van der Waals surface area contributed by atoms with Crippen molar-refractivity contribution in [2.45, 2.75) is 25.8 Å². The van der Waals surface area contributed by atoms with E-state index in [1.54, 1.807) is 12.3 Å². The van der Waals surface area contributed by atoms with Gasteiger partial charge in [-0.15, -0.1) is 0 Å². The van der Waals surface area contributed by atoms with E-state index in [1.807, 2.05) is 31.2 Å². The maximum absolute atomic E-state index is 12.2. The summed E-state index contributed by atoms with van der Waals surface area (Å²) in [7, 11) is 0. The van der Waals surface area contributed by atoms with Gasteiger partial charge >= 0.3 is 5.97 Å². The second kappa shape index (κ2) is 6.14. The molecule has 20 heavy (non-hydrogen) atoms. The van der Waals surface area contributed by atoms with Gasteiger partial charge in [-0.1, -0.05) is 37.6 Å². The normalized spacial score (nSPS) is 12.1. The van der Waals surface area contributed by atoms with E-state index in [0.717, 1.165) is 5.39 Å². The molecular weight excluding hydrogens is 256 g/mol. The van der Waals surface area contributed by atoms with Gasteiger partial charge in [-0.2, -0.15) is 0 Å². The van der Waals surface area contributed by atoms with Crippen molar-refractivity contribution in [1.29, 1.82) is 0 Å². The lowest BCUT2D eigenvalue weighted by molar-refractivity contribution is -0.139. The first kappa shape index (κ1) is 14.0. The number of carboxylic acids is 1. The molecule has 0 fully saturated rings. The molecular formula is C15H16N2O3. The second-order valence-electron chi connectivity index (χ2n) is 4.53. The number of carboxylic acid groups (broad SMARTS) is 1. The SMILES string of the molecule is CCC[C@@H](NC(=O)c1nccc2ccccc12)C(=O)O. The molecule has 1 aromatic heterocycles. The zero-order valence-electron chi connectivity index (χ0n) is 11.2. The minimum absolute atomic E-state index is 0.255. The summed E-state index contributed by atoms with van der Waals surface area (Å²) in [5.41, 5.74) is 0.255. The van der Waals surface area contributed by atoms with Gasteiger partial charge in [-0.05, 0) is 17.9 Å². The molecule has 0 bridgehead atoms. The van der Waals surface area contributed by atoms with Gasteiger partial charge < -0.3 is 10.4 Å². The summed E-state index contributed by atoms with van der Waals surface area (Å²) in [6.45, 7) is 1.87. The lowest BCUT2D eigenvalue weighted by Crippen LogP contribution is -2.41. The standard InChI is InChI=1S/C15H16N2O3/c1-2-5-12(15(19)20)17-14(18)13-11-7-4-3-6-10(11)8-9-16-13/h3-4,6-9,12H,2,5H2,1H3,(H,17,18)(H,19,20)/t12-/m1/s1. The minimum atomic E-state index is -1.03. The Kier molecular flexibility index (Phi) is 4.30. The van der Waals surface area contributed by atoms with Gasteiger partial charge in [0.25, 0.3) is 5.91 Å². The van der Waals surface area contributed by atoms with Crippen LogP contribution >= 0.6 is 0 Å². The van der Waals surface area contributed by atoms with Gasteiger partial charge in [0, 0.05) is 11.6 Å². The highest BCUT2D eigenvalue weighted by atomic mass is 16.4. The van der Waals surface area contributed by atoms with Crippen LogP contribution in [0, 0.1) is 0 Å². The zero-order chi connectivity index (χ0) is 14.5. The molecule has 104 valence electrons. The Morgan fingerprint density at radius 2 is 2.05 bits per heavy atom. The van der Waals surface area contributed by atoms with Crippen LogP contribution in [0.25, 0.3) is 10.8 Å². The van der Waals surface area contributed by atoms with Crippen molar-refractivity contribution in [2.24, 2.45) is 0 Å². The quantitative estimate of drug-likeness (QED) is 0.874. The third-order valence-corrected chi connectivity index (χ3v) is 3.07. The van der Waals surface area contributed by atoms with E-state index in [0.29, 0.717) is 18.2 Å². The Hall–Kier alpha value is -2.43. The molecule has 1 heterocycles. The highest BCUT2D eigenvalue weighted by Crippen LogP contribution is 2.16. The molecule has 0 spiro atoms. The molecule has 0 unspecified atom stereocenters. The molecule has 1 amide bonds. The highest BCUT2D eigenvalue weighted by Gasteiger charge is 2.21. The minimum Gasteiger partial charge on any atom is -0.480 e. The van der Waals surface area contributed by atoms with Crippen molar-refractivity contribution in [1.82, 2.24) is 10.3 Å². The van der Waals surface area contributed by atoms with Crippen LogP contribution in [0.5, 0.6) is 0 Å². The van der Waals surface area contributed by atoms with Crippen LogP contribution in [0.1, 0.15) is 30.3 Å². The topological polar surface area (TPSA) is 79.3 Å². The molecule has 1 atom stereocenters. The summed E-state index contributed by atoms with van der Waals surface area (Å²) < 4.78 is 0. The predicted octanol–water partition coefficient (Wildman–Crippen LogP) is 2.22. The number of hydrogen-bond donors (Lipinski definition) is 2. The molecule has 0 aliphatic rings. The average molecular weight is 272 g/mol. The zero-order valence-corrected chi connectivity index (χ0v) is 11.2. The van der Waals surface area contributed by atoms with E-state index in [1.165, 1.54) is 0 Å².